The number of fused-ring (bicyclic) bond motifs is 1. The number of rotatable bonds is 5. The van der Waals surface area contributed by atoms with Gasteiger partial charge in [-0.25, -0.2) is 9.79 Å². The van der Waals surface area contributed by atoms with Gasteiger partial charge in [-0.05, 0) is 67.1 Å². The second kappa shape index (κ2) is 10.2. The first kappa shape index (κ1) is 24.9. The average Bonchev–Trinajstić information content (AvgIpc) is 3.08. The summed E-state index contributed by atoms with van der Waals surface area (Å²) in [5, 5.41) is 0. The fraction of sp³-hybridized carbons (Fsp3) is 0.240. The first-order valence-electron chi connectivity index (χ1n) is 10.5. The molecule has 9 heteroatoms. The van der Waals surface area contributed by atoms with Crippen molar-refractivity contribution >= 4 is 61.9 Å². The Bertz CT molecular complexity index is 1490. The summed E-state index contributed by atoms with van der Waals surface area (Å²) in [5.41, 5.74) is 3.39. The number of aromatic nitrogens is 1. The van der Waals surface area contributed by atoms with Gasteiger partial charge in [-0.15, -0.1) is 0 Å². The summed E-state index contributed by atoms with van der Waals surface area (Å²) in [6.45, 7) is 5.78. The molecule has 1 atom stereocenters. The first-order chi connectivity index (χ1) is 16.2. The molecule has 1 aliphatic rings. The van der Waals surface area contributed by atoms with Crippen molar-refractivity contribution in [2.75, 3.05) is 13.7 Å². The van der Waals surface area contributed by atoms with E-state index in [0.717, 1.165) is 24.7 Å². The number of hydrogen-bond acceptors (Lipinski definition) is 6. The van der Waals surface area contributed by atoms with Crippen molar-refractivity contribution in [2.24, 2.45) is 4.99 Å². The van der Waals surface area contributed by atoms with Gasteiger partial charge >= 0.3 is 5.97 Å². The Morgan fingerprint density at radius 1 is 1.26 bits per heavy atom. The molecule has 0 aliphatic carbocycles. The van der Waals surface area contributed by atoms with Gasteiger partial charge in [0.1, 0.15) is 5.75 Å². The number of carbonyl (C=O) groups is 1. The molecule has 0 amide bonds. The molecule has 1 aliphatic heterocycles. The molecule has 0 spiro atoms. The van der Waals surface area contributed by atoms with Crippen molar-refractivity contribution in [1.29, 1.82) is 0 Å². The van der Waals surface area contributed by atoms with E-state index in [1.807, 2.05) is 49.4 Å². The summed E-state index contributed by atoms with van der Waals surface area (Å²) < 4.78 is 14.8. The Hall–Kier alpha value is -2.24. The first-order valence-corrected chi connectivity index (χ1v) is 13.2. The normalized spacial score (nSPS) is 15.7. The van der Waals surface area contributed by atoms with E-state index in [1.165, 1.54) is 11.3 Å². The number of aryl methyl sites for hydroxylation is 1. The molecule has 0 bridgehead atoms. The Balaban J connectivity index is 1.99. The number of allylic oxidation sites excluding steroid dienone is 1. The third-order valence-corrected chi connectivity index (χ3v) is 7.68. The lowest BCUT2D eigenvalue weighted by Crippen LogP contribution is -2.39. The quantitative estimate of drug-likeness (QED) is 0.301. The number of carbonyl (C=O) groups excluding carboxylic acids is 1. The third kappa shape index (κ3) is 4.65. The average molecular weight is 653 g/mol. The van der Waals surface area contributed by atoms with Gasteiger partial charge in [0.25, 0.3) is 5.56 Å². The predicted molar refractivity (Wildman–Crippen MR) is 145 cm³/mol. The van der Waals surface area contributed by atoms with E-state index in [-0.39, 0.29) is 12.2 Å². The topological polar surface area (TPSA) is 69.9 Å². The van der Waals surface area contributed by atoms with Crippen LogP contribution >= 0.6 is 49.9 Å². The summed E-state index contributed by atoms with van der Waals surface area (Å²) in [5.74, 6) is 0.222. The van der Waals surface area contributed by atoms with Crippen LogP contribution in [-0.2, 0) is 9.53 Å². The zero-order chi connectivity index (χ0) is 24.6. The highest BCUT2D eigenvalue weighted by Crippen LogP contribution is 2.32. The largest absolute Gasteiger partial charge is 0.495 e. The monoisotopic (exact) mass is 652 g/mol. The molecule has 0 saturated heterocycles. The minimum absolute atomic E-state index is 0.222. The lowest BCUT2D eigenvalue weighted by Gasteiger charge is -2.24. The maximum Gasteiger partial charge on any atom is 0.338 e. The molecule has 34 heavy (non-hydrogen) atoms. The molecular formula is C25H22BrIN2O4S. The van der Waals surface area contributed by atoms with Gasteiger partial charge in [0.2, 0.25) is 0 Å². The van der Waals surface area contributed by atoms with Crippen LogP contribution in [0.4, 0.5) is 0 Å². The van der Waals surface area contributed by atoms with E-state index < -0.39 is 12.0 Å². The second-order valence-electron chi connectivity index (χ2n) is 7.72. The lowest BCUT2D eigenvalue weighted by atomic mass is 9.95. The summed E-state index contributed by atoms with van der Waals surface area (Å²) in [4.78, 5) is 31.8. The molecule has 4 rings (SSSR count). The number of methoxy groups -OCH3 is 1. The van der Waals surface area contributed by atoms with Gasteiger partial charge in [0, 0.05) is 10.0 Å². The zero-order valence-corrected chi connectivity index (χ0v) is 23.6. The highest BCUT2D eigenvalue weighted by Gasteiger charge is 2.33. The minimum Gasteiger partial charge on any atom is -0.495 e. The molecule has 0 unspecified atom stereocenters. The maximum absolute atomic E-state index is 13.7. The smallest absolute Gasteiger partial charge is 0.338 e. The number of benzene rings is 2. The van der Waals surface area contributed by atoms with Crippen LogP contribution in [0.15, 0.2) is 61.9 Å². The second-order valence-corrected chi connectivity index (χ2v) is 10.8. The molecule has 0 fully saturated rings. The van der Waals surface area contributed by atoms with Crippen molar-refractivity contribution < 1.29 is 14.3 Å². The maximum atomic E-state index is 13.7. The van der Waals surface area contributed by atoms with Gasteiger partial charge in [-0.3, -0.25) is 9.36 Å². The van der Waals surface area contributed by atoms with Crippen LogP contribution < -0.4 is 19.6 Å². The standard InChI is InChI=1S/C25H22BrIN2O4S/c1-5-33-24(31)20-14(3)28-25-29(21(20)15-8-6-13(2)7-9-15)23(30)19(34-25)11-16-10-17(26)12-18(27)22(16)32-4/h6-12,21H,5H2,1-4H3/b19-11-/t21-/m0/s1. The van der Waals surface area contributed by atoms with Crippen LogP contribution in [0.25, 0.3) is 6.08 Å². The molecule has 6 nitrogen and oxygen atoms in total. The van der Waals surface area contributed by atoms with Gasteiger partial charge in [0.15, 0.2) is 4.80 Å². The zero-order valence-electron chi connectivity index (χ0n) is 19.0. The van der Waals surface area contributed by atoms with E-state index in [0.29, 0.717) is 26.4 Å². The Morgan fingerprint density at radius 3 is 2.62 bits per heavy atom. The number of esters is 1. The van der Waals surface area contributed by atoms with Crippen molar-refractivity contribution in [3.05, 3.63) is 92.1 Å². The SMILES string of the molecule is CCOC(=O)C1=C(C)N=c2s/c(=C\c3cc(Br)cc(I)c3OC)c(=O)n2[C@H]1c1ccc(C)cc1. The summed E-state index contributed by atoms with van der Waals surface area (Å²) in [6, 6.07) is 11.1. The molecule has 176 valence electrons. The minimum atomic E-state index is -0.623. The van der Waals surface area contributed by atoms with Crippen molar-refractivity contribution in [1.82, 2.24) is 4.57 Å². The Kier molecular flexibility index (Phi) is 7.44. The van der Waals surface area contributed by atoms with Crippen LogP contribution in [0.1, 0.15) is 36.6 Å². The fourth-order valence-corrected chi connectivity index (χ4v) is 6.71. The van der Waals surface area contributed by atoms with Crippen LogP contribution in [0, 0.1) is 10.5 Å². The molecular weight excluding hydrogens is 631 g/mol. The number of hydrogen-bond donors (Lipinski definition) is 0. The number of thiazole rings is 1. The molecule has 3 aromatic rings. The molecule has 0 saturated carbocycles. The lowest BCUT2D eigenvalue weighted by molar-refractivity contribution is -0.139. The van der Waals surface area contributed by atoms with E-state index >= 15 is 0 Å². The molecule has 1 aromatic heterocycles. The van der Waals surface area contributed by atoms with E-state index in [1.54, 1.807) is 25.5 Å². The van der Waals surface area contributed by atoms with Crippen molar-refractivity contribution in [2.45, 2.75) is 26.8 Å². The van der Waals surface area contributed by atoms with Crippen LogP contribution in [-0.4, -0.2) is 24.3 Å². The molecule has 2 heterocycles. The van der Waals surface area contributed by atoms with E-state index in [4.69, 9.17) is 9.47 Å². The van der Waals surface area contributed by atoms with Crippen LogP contribution in [0.3, 0.4) is 0 Å². The van der Waals surface area contributed by atoms with Gasteiger partial charge in [0.05, 0.1) is 39.1 Å². The van der Waals surface area contributed by atoms with Crippen LogP contribution in [0.2, 0.25) is 0 Å². The number of ether oxygens (including phenoxy) is 2. The summed E-state index contributed by atoms with van der Waals surface area (Å²) >= 11 is 7.01. The Morgan fingerprint density at radius 2 is 1.97 bits per heavy atom. The van der Waals surface area contributed by atoms with Crippen LogP contribution in [0.5, 0.6) is 5.75 Å². The highest BCUT2D eigenvalue weighted by atomic mass is 127. The van der Waals surface area contributed by atoms with Crippen molar-refractivity contribution in [3.8, 4) is 5.75 Å². The van der Waals surface area contributed by atoms with Gasteiger partial charge < -0.3 is 9.47 Å². The van der Waals surface area contributed by atoms with Gasteiger partial charge in [-0.1, -0.05) is 57.1 Å². The van der Waals surface area contributed by atoms with E-state index in [2.05, 4.69) is 43.5 Å². The summed E-state index contributed by atoms with van der Waals surface area (Å²) in [6.07, 6.45) is 1.81. The number of halogens is 2. The Labute approximate surface area is 222 Å². The molecule has 0 radical (unpaired) electrons. The third-order valence-electron chi connectivity index (χ3n) is 5.44. The van der Waals surface area contributed by atoms with E-state index in [9.17, 15) is 9.59 Å². The van der Waals surface area contributed by atoms with Gasteiger partial charge in [-0.2, -0.15) is 0 Å². The predicted octanol–water partition coefficient (Wildman–Crippen LogP) is 4.48. The molecule has 2 aromatic carbocycles. The fourth-order valence-electron chi connectivity index (χ4n) is 3.90. The highest BCUT2D eigenvalue weighted by molar-refractivity contribution is 14.1. The van der Waals surface area contributed by atoms with Crippen molar-refractivity contribution in [3.63, 3.8) is 0 Å². The summed E-state index contributed by atoms with van der Waals surface area (Å²) in [7, 11) is 1.61. The number of nitrogens with zero attached hydrogens (tertiary/aromatic N) is 2. The molecule has 0 N–H and O–H groups in total.